The Hall–Kier alpha value is -3.30. The Balaban J connectivity index is 2.13. The highest BCUT2D eigenvalue weighted by Gasteiger charge is 2.13. The van der Waals surface area contributed by atoms with E-state index in [-0.39, 0.29) is 5.57 Å². The Bertz CT molecular complexity index is 885. The van der Waals surface area contributed by atoms with E-state index in [1.165, 1.54) is 13.0 Å². The molecule has 0 aliphatic carbocycles. The summed E-state index contributed by atoms with van der Waals surface area (Å²) in [5.74, 6) is -1.28. The minimum absolute atomic E-state index is 0.0995. The molecule has 0 aromatic heterocycles. The van der Waals surface area contributed by atoms with Crippen molar-refractivity contribution < 1.29 is 19.4 Å². The number of nitriles is 1. The van der Waals surface area contributed by atoms with Crippen molar-refractivity contribution in [1.29, 1.82) is 5.26 Å². The molecule has 6 nitrogen and oxygen atoms in total. The number of aliphatic carboxylic acids is 1. The van der Waals surface area contributed by atoms with Gasteiger partial charge < -0.3 is 15.2 Å². The maximum Gasteiger partial charge on any atom is 0.344 e. The molecule has 0 saturated heterocycles. The largest absolute Gasteiger partial charge is 0.479 e. The predicted molar refractivity (Wildman–Crippen MR) is 97.8 cm³/mol. The van der Waals surface area contributed by atoms with Gasteiger partial charge in [0.1, 0.15) is 17.4 Å². The molecular weight excluding hydrogens is 356 g/mol. The molecule has 2 N–H and O–H groups in total. The van der Waals surface area contributed by atoms with Crippen LogP contribution in [0.3, 0.4) is 0 Å². The number of carbonyl (C=O) groups is 2. The number of para-hydroxylation sites is 1. The molecule has 0 bridgehead atoms. The number of carbonyl (C=O) groups excluding carboxylic acids is 1. The first-order valence-corrected chi connectivity index (χ1v) is 7.95. The minimum atomic E-state index is -1.07. The molecule has 0 saturated carbocycles. The first-order chi connectivity index (χ1) is 12.4. The molecule has 2 rings (SSSR count). The lowest BCUT2D eigenvalue weighted by Crippen LogP contribution is -2.22. The number of rotatable bonds is 6. The van der Waals surface area contributed by atoms with Crippen LogP contribution >= 0.6 is 11.6 Å². The van der Waals surface area contributed by atoms with Crippen LogP contribution in [0.2, 0.25) is 5.02 Å². The molecule has 0 fully saturated rings. The normalized spacial score (nSPS) is 12.0. The highest BCUT2D eigenvalue weighted by molar-refractivity contribution is 6.34. The van der Waals surface area contributed by atoms with E-state index in [4.69, 9.17) is 21.4 Å². The average molecular weight is 371 g/mol. The topological polar surface area (TPSA) is 99.4 Å². The van der Waals surface area contributed by atoms with Crippen LogP contribution in [0, 0.1) is 11.3 Å². The predicted octanol–water partition coefficient (Wildman–Crippen LogP) is 3.74. The van der Waals surface area contributed by atoms with Gasteiger partial charge in [-0.05, 0) is 42.8 Å². The van der Waals surface area contributed by atoms with Gasteiger partial charge in [0.05, 0.1) is 10.7 Å². The van der Waals surface area contributed by atoms with E-state index >= 15 is 0 Å². The van der Waals surface area contributed by atoms with Gasteiger partial charge in [-0.2, -0.15) is 5.26 Å². The molecule has 2 aromatic carbocycles. The fourth-order valence-electron chi connectivity index (χ4n) is 1.96. The lowest BCUT2D eigenvalue weighted by molar-refractivity contribution is -0.144. The average Bonchev–Trinajstić information content (AvgIpc) is 2.62. The summed E-state index contributed by atoms with van der Waals surface area (Å²) in [7, 11) is 0. The first kappa shape index (κ1) is 19.0. The van der Waals surface area contributed by atoms with Gasteiger partial charge in [0.25, 0.3) is 5.91 Å². The number of hydrogen-bond donors (Lipinski definition) is 2. The summed E-state index contributed by atoms with van der Waals surface area (Å²) in [4.78, 5) is 23.0. The maximum absolute atomic E-state index is 12.2. The van der Waals surface area contributed by atoms with Crippen LogP contribution in [0.5, 0.6) is 5.75 Å². The highest BCUT2D eigenvalue weighted by atomic mass is 35.5. The number of nitrogens with zero attached hydrogens (tertiary/aromatic N) is 1. The van der Waals surface area contributed by atoms with Crippen molar-refractivity contribution in [3.05, 3.63) is 64.7 Å². The Kier molecular flexibility index (Phi) is 6.36. The number of hydrogen-bond acceptors (Lipinski definition) is 4. The summed E-state index contributed by atoms with van der Waals surface area (Å²) in [6.45, 7) is 1.42. The molecule has 0 heterocycles. The van der Waals surface area contributed by atoms with Crippen molar-refractivity contribution in [2.45, 2.75) is 13.0 Å². The molecule has 2 aromatic rings. The molecular formula is C19H15ClN2O4. The molecule has 132 valence electrons. The van der Waals surface area contributed by atoms with Crippen molar-refractivity contribution in [1.82, 2.24) is 0 Å². The zero-order valence-electron chi connectivity index (χ0n) is 13.8. The summed E-state index contributed by atoms with van der Waals surface area (Å²) < 4.78 is 5.22. The third kappa shape index (κ3) is 5.10. The fourth-order valence-corrected chi connectivity index (χ4v) is 2.15. The minimum Gasteiger partial charge on any atom is -0.479 e. The van der Waals surface area contributed by atoms with E-state index < -0.39 is 18.0 Å². The van der Waals surface area contributed by atoms with E-state index in [9.17, 15) is 14.9 Å². The number of amides is 1. The summed E-state index contributed by atoms with van der Waals surface area (Å²) >= 11 is 5.98. The molecule has 1 atom stereocenters. The van der Waals surface area contributed by atoms with E-state index in [2.05, 4.69) is 5.32 Å². The van der Waals surface area contributed by atoms with Gasteiger partial charge in [0.2, 0.25) is 0 Å². The van der Waals surface area contributed by atoms with Crippen molar-refractivity contribution >= 4 is 35.2 Å². The zero-order chi connectivity index (χ0) is 19.1. The molecule has 0 aliphatic rings. The Labute approximate surface area is 155 Å². The summed E-state index contributed by atoms with van der Waals surface area (Å²) in [5, 5.41) is 21.0. The third-order valence-corrected chi connectivity index (χ3v) is 3.67. The van der Waals surface area contributed by atoms with Gasteiger partial charge in [0, 0.05) is 0 Å². The van der Waals surface area contributed by atoms with Crippen LogP contribution < -0.4 is 10.1 Å². The number of halogens is 1. The third-order valence-electron chi connectivity index (χ3n) is 3.34. The van der Waals surface area contributed by atoms with Gasteiger partial charge in [-0.3, -0.25) is 4.79 Å². The van der Waals surface area contributed by atoms with Crippen LogP contribution in [0.4, 0.5) is 5.69 Å². The maximum atomic E-state index is 12.2. The van der Waals surface area contributed by atoms with Crippen LogP contribution in [-0.4, -0.2) is 23.1 Å². The van der Waals surface area contributed by atoms with E-state index in [1.807, 2.05) is 6.07 Å². The number of ether oxygens (including phenoxy) is 1. The van der Waals surface area contributed by atoms with Gasteiger partial charge in [-0.1, -0.05) is 35.9 Å². The lowest BCUT2D eigenvalue weighted by atomic mass is 10.1. The monoisotopic (exact) mass is 370 g/mol. The standard InChI is InChI=1S/C19H15ClN2O4/c1-12(19(24)25)26-15-8-6-13(7-9-15)10-14(11-21)18(23)22-17-5-3-2-4-16(17)20/h2-10,12H,1H3,(H,22,23)(H,24,25)/b14-10-/t12-/m1/s1. The molecule has 0 spiro atoms. The van der Waals surface area contributed by atoms with Gasteiger partial charge in [-0.15, -0.1) is 0 Å². The molecule has 0 unspecified atom stereocenters. The van der Waals surface area contributed by atoms with Crippen molar-refractivity contribution in [3.8, 4) is 11.8 Å². The van der Waals surface area contributed by atoms with Crippen LogP contribution in [-0.2, 0) is 9.59 Å². The quantitative estimate of drug-likeness (QED) is 0.596. The smallest absolute Gasteiger partial charge is 0.344 e. The van der Waals surface area contributed by atoms with Crippen LogP contribution in [0.25, 0.3) is 6.08 Å². The number of carboxylic acid groups (broad SMARTS) is 1. The zero-order valence-corrected chi connectivity index (χ0v) is 14.5. The molecule has 1 amide bonds. The first-order valence-electron chi connectivity index (χ1n) is 7.58. The van der Waals surface area contributed by atoms with Crippen molar-refractivity contribution in [2.75, 3.05) is 5.32 Å². The molecule has 0 aliphatic heterocycles. The summed E-state index contributed by atoms with van der Waals surface area (Å²) in [6, 6.07) is 14.9. The van der Waals surface area contributed by atoms with Gasteiger partial charge in [0.15, 0.2) is 6.10 Å². The molecule has 0 radical (unpaired) electrons. The SMILES string of the molecule is C[C@@H](Oc1ccc(/C=C(/C#N)C(=O)Nc2ccccc2Cl)cc1)C(=O)O. The van der Waals surface area contributed by atoms with Crippen LogP contribution in [0.1, 0.15) is 12.5 Å². The number of benzene rings is 2. The van der Waals surface area contributed by atoms with Gasteiger partial charge >= 0.3 is 5.97 Å². The second-order valence-corrected chi connectivity index (χ2v) is 5.68. The van der Waals surface area contributed by atoms with Crippen LogP contribution in [0.15, 0.2) is 54.1 Å². The van der Waals surface area contributed by atoms with Crippen molar-refractivity contribution in [2.24, 2.45) is 0 Å². The van der Waals surface area contributed by atoms with E-state index in [0.717, 1.165) is 0 Å². The molecule has 26 heavy (non-hydrogen) atoms. The lowest BCUT2D eigenvalue weighted by Gasteiger charge is -2.10. The number of anilines is 1. The second-order valence-electron chi connectivity index (χ2n) is 5.27. The number of carboxylic acids is 1. The fraction of sp³-hybridized carbons (Fsp3) is 0.105. The van der Waals surface area contributed by atoms with Crippen molar-refractivity contribution in [3.63, 3.8) is 0 Å². The van der Waals surface area contributed by atoms with E-state index in [1.54, 1.807) is 48.5 Å². The highest BCUT2D eigenvalue weighted by Crippen LogP contribution is 2.21. The van der Waals surface area contributed by atoms with Gasteiger partial charge in [-0.25, -0.2) is 4.79 Å². The molecule has 7 heteroatoms. The number of nitrogens with one attached hydrogen (secondary N) is 1. The Morgan fingerprint density at radius 2 is 1.88 bits per heavy atom. The summed E-state index contributed by atoms with van der Waals surface area (Å²) in [5.41, 5.74) is 0.899. The Morgan fingerprint density at radius 1 is 1.23 bits per heavy atom. The second kappa shape index (κ2) is 8.70. The summed E-state index contributed by atoms with van der Waals surface area (Å²) in [6.07, 6.45) is 0.434. The Morgan fingerprint density at radius 3 is 2.46 bits per heavy atom. The van der Waals surface area contributed by atoms with E-state index in [0.29, 0.717) is 22.0 Å².